The van der Waals surface area contributed by atoms with Gasteiger partial charge in [0, 0.05) is 6.42 Å². The van der Waals surface area contributed by atoms with Gasteiger partial charge in [0.15, 0.2) is 0 Å². The van der Waals surface area contributed by atoms with Crippen molar-refractivity contribution in [2.24, 2.45) is 11.8 Å². The lowest BCUT2D eigenvalue weighted by Gasteiger charge is -2.33. The Bertz CT molecular complexity index is 223. The van der Waals surface area contributed by atoms with Gasteiger partial charge in [-0.1, -0.05) is 40.0 Å². The number of hydrogen-bond donors (Lipinski definition) is 0. The van der Waals surface area contributed by atoms with Gasteiger partial charge >= 0.3 is 5.97 Å². The van der Waals surface area contributed by atoms with Crippen molar-refractivity contribution < 1.29 is 9.53 Å². The molecule has 1 rings (SSSR count). The van der Waals surface area contributed by atoms with E-state index in [1.807, 2.05) is 0 Å². The molecule has 1 fully saturated rings. The lowest BCUT2D eigenvalue weighted by molar-refractivity contribution is -0.154. The van der Waals surface area contributed by atoms with E-state index in [2.05, 4.69) is 20.8 Å². The van der Waals surface area contributed by atoms with Crippen molar-refractivity contribution in [1.29, 1.82) is 0 Å². The van der Waals surface area contributed by atoms with Crippen LogP contribution in [0.3, 0.4) is 0 Å². The molecule has 17 heavy (non-hydrogen) atoms. The summed E-state index contributed by atoms with van der Waals surface area (Å²) < 4.78 is 5.67. The molecule has 0 aromatic rings. The fourth-order valence-electron chi connectivity index (χ4n) is 2.78. The predicted octanol–water partition coefficient (Wildman–Crippen LogP) is 4.32. The van der Waals surface area contributed by atoms with Crippen LogP contribution in [-0.2, 0) is 9.53 Å². The van der Waals surface area contributed by atoms with Crippen LogP contribution in [0.15, 0.2) is 0 Å². The van der Waals surface area contributed by atoms with Crippen molar-refractivity contribution >= 4 is 5.97 Å². The molecule has 0 N–H and O–H groups in total. The lowest BCUT2D eigenvalue weighted by Crippen LogP contribution is -2.33. The summed E-state index contributed by atoms with van der Waals surface area (Å²) in [7, 11) is 0. The molecule has 1 aliphatic rings. The summed E-state index contributed by atoms with van der Waals surface area (Å²) in [4.78, 5) is 11.7. The third-order valence-corrected chi connectivity index (χ3v) is 3.88. The highest BCUT2D eigenvalue weighted by molar-refractivity contribution is 5.69. The van der Waals surface area contributed by atoms with Gasteiger partial charge in [-0.15, -0.1) is 0 Å². The van der Waals surface area contributed by atoms with Gasteiger partial charge in [0.2, 0.25) is 0 Å². The molecule has 0 heterocycles. The van der Waals surface area contributed by atoms with E-state index >= 15 is 0 Å². The van der Waals surface area contributed by atoms with Crippen LogP contribution in [0.5, 0.6) is 0 Å². The summed E-state index contributed by atoms with van der Waals surface area (Å²) >= 11 is 0. The minimum absolute atomic E-state index is 0.0241. The van der Waals surface area contributed by atoms with Crippen LogP contribution in [-0.4, -0.2) is 12.1 Å². The van der Waals surface area contributed by atoms with Crippen molar-refractivity contribution in [1.82, 2.24) is 0 Å². The van der Waals surface area contributed by atoms with Crippen LogP contribution in [0.2, 0.25) is 0 Å². The minimum Gasteiger partial charge on any atom is -0.462 e. The monoisotopic (exact) mass is 240 g/mol. The first-order chi connectivity index (χ1) is 8.15. The van der Waals surface area contributed by atoms with E-state index in [1.165, 1.54) is 19.3 Å². The molecular formula is C15H28O2. The SMILES string of the molecule is CCCCCC(=O)O[C@H]1CCCC[C@@H]1C(C)C. The van der Waals surface area contributed by atoms with Crippen LogP contribution in [0.4, 0.5) is 0 Å². The van der Waals surface area contributed by atoms with Gasteiger partial charge in [0.25, 0.3) is 0 Å². The van der Waals surface area contributed by atoms with E-state index in [-0.39, 0.29) is 12.1 Å². The van der Waals surface area contributed by atoms with E-state index in [0.29, 0.717) is 18.3 Å². The fourth-order valence-corrected chi connectivity index (χ4v) is 2.78. The first kappa shape index (κ1) is 14.5. The Balaban J connectivity index is 2.34. The highest BCUT2D eigenvalue weighted by Gasteiger charge is 2.30. The number of unbranched alkanes of at least 4 members (excludes halogenated alkanes) is 2. The lowest BCUT2D eigenvalue weighted by atomic mass is 9.79. The molecule has 1 saturated carbocycles. The third kappa shape index (κ3) is 5.10. The van der Waals surface area contributed by atoms with Crippen LogP contribution < -0.4 is 0 Å². The summed E-state index contributed by atoms with van der Waals surface area (Å²) in [5.41, 5.74) is 0. The highest BCUT2D eigenvalue weighted by Crippen LogP contribution is 2.32. The van der Waals surface area contributed by atoms with Crippen molar-refractivity contribution in [3.05, 3.63) is 0 Å². The largest absolute Gasteiger partial charge is 0.462 e. The Kier molecular flexibility index (Phi) is 6.61. The third-order valence-electron chi connectivity index (χ3n) is 3.88. The Labute approximate surface area is 106 Å². The van der Waals surface area contributed by atoms with Crippen molar-refractivity contribution in [3.8, 4) is 0 Å². The van der Waals surface area contributed by atoms with Crippen molar-refractivity contribution in [2.45, 2.75) is 78.2 Å². The number of carbonyl (C=O) groups excluding carboxylic acids is 1. The highest BCUT2D eigenvalue weighted by atomic mass is 16.5. The molecule has 0 aromatic heterocycles. The molecule has 0 unspecified atom stereocenters. The number of carbonyl (C=O) groups is 1. The Morgan fingerprint density at radius 1 is 1.24 bits per heavy atom. The van der Waals surface area contributed by atoms with Crippen molar-refractivity contribution in [2.75, 3.05) is 0 Å². The van der Waals surface area contributed by atoms with Crippen LogP contribution in [0.1, 0.15) is 72.1 Å². The molecule has 0 aromatic carbocycles. The molecule has 0 aliphatic heterocycles. The van der Waals surface area contributed by atoms with Crippen LogP contribution >= 0.6 is 0 Å². The molecule has 0 amide bonds. The van der Waals surface area contributed by atoms with Gasteiger partial charge in [-0.25, -0.2) is 0 Å². The average molecular weight is 240 g/mol. The van der Waals surface area contributed by atoms with E-state index in [0.717, 1.165) is 25.7 Å². The van der Waals surface area contributed by atoms with Gasteiger partial charge in [-0.3, -0.25) is 4.79 Å². The molecule has 1 aliphatic carbocycles. The summed E-state index contributed by atoms with van der Waals surface area (Å²) in [5, 5.41) is 0. The topological polar surface area (TPSA) is 26.3 Å². The van der Waals surface area contributed by atoms with E-state index < -0.39 is 0 Å². The van der Waals surface area contributed by atoms with Gasteiger partial charge in [-0.2, -0.15) is 0 Å². The second-order valence-corrected chi connectivity index (χ2v) is 5.68. The number of ether oxygens (including phenoxy) is 1. The summed E-state index contributed by atoms with van der Waals surface area (Å²) in [6.07, 6.45) is 8.88. The Hall–Kier alpha value is -0.530. The predicted molar refractivity (Wildman–Crippen MR) is 70.8 cm³/mol. The molecule has 0 saturated heterocycles. The van der Waals surface area contributed by atoms with Gasteiger partial charge in [-0.05, 0) is 37.5 Å². The van der Waals surface area contributed by atoms with Crippen LogP contribution in [0, 0.1) is 11.8 Å². The molecule has 2 heteroatoms. The average Bonchev–Trinajstić information content (AvgIpc) is 2.29. The minimum atomic E-state index is 0.0241. The molecule has 100 valence electrons. The van der Waals surface area contributed by atoms with Gasteiger partial charge in [0.1, 0.15) is 6.10 Å². The summed E-state index contributed by atoms with van der Waals surface area (Å²) in [6.45, 7) is 6.64. The molecule has 0 spiro atoms. The van der Waals surface area contributed by atoms with E-state index in [4.69, 9.17) is 4.74 Å². The fraction of sp³-hybridized carbons (Fsp3) is 0.933. The first-order valence-corrected chi connectivity index (χ1v) is 7.34. The standard InChI is InChI=1S/C15H28O2/c1-4-5-6-11-15(16)17-14-10-8-7-9-13(14)12(2)3/h12-14H,4-11H2,1-3H3/t13-,14+/m1/s1. The zero-order chi connectivity index (χ0) is 12.7. The first-order valence-electron chi connectivity index (χ1n) is 7.34. The Morgan fingerprint density at radius 2 is 1.94 bits per heavy atom. The molecule has 0 bridgehead atoms. The molecule has 2 nitrogen and oxygen atoms in total. The molecule has 0 radical (unpaired) electrons. The smallest absolute Gasteiger partial charge is 0.306 e. The molecule has 2 atom stereocenters. The maximum Gasteiger partial charge on any atom is 0.306 e. The summed E-state index contributed by atoms with van der Waals surface area (Å²) in [6, 6.07) is 0. The van der Waals surface area contributed by atoms with Gasteiger partial charge < -0.3 is 4.74 Å². The van der Waals surface area contributed by atoms with Crippen molar-refractivity contribution in [3.63, 3.8) is 0 Å². The quantitative estimate of drug-likeness (QED) is 0.510. The van der Waals surface area contributed by atoms with Gasteiger partial charge in [0.05, 0.1) is 0 Å². The van der Waals surface area contributed by atoms with E-state index in [1.54, 1.807) is 0 Å². The van der Waals surface area contributed by atoms with E-state index in [9.17, 15) is 4.79 Å². The zero-order valence-electron chi connectivity index (χ0n) is 11.7. The maximum absolute atomic E-state index is 11.7. The maximum atomic E-state index is 11.7. The number of esters is 1. The Morgan fingerprint density at radius 3 is 2.59 bits per heavy atom. The number of hydrogen-bond acceptors (Lipinski definition) is 2. The molecular weight excluding hydrogens is 212 g/mol. The second-order valence-electron chi connectivity index (χ2n) is 5.68. The zero-order valence-corrected chi connectivity index (χ0v) is 11.7. The second kappa shape index (κ2) is 7.73. The normalized spacial score (nSPS) is 24.9. The summed E-state index contributed by atoms with van der Waals surface area (Å²) in [5.74, 6) is 1.23. The van der Waals surface area contributed by atoms with Crippen LogP contribution in [0.25, 0.3) is 0 Å². The number of rotatable bonds is 6.